The number of hydrogen-bond donors (Lipinski definition) is 1. The SMILES string of the molecule is CCNC(=O)CN=[N+]=[N-]. The van der Waals surface area contributed by atoms with Crippen LogP contribution in [0, 0.1) is 0 Å². The summed E-state index contributed by atoms with van der Waals surface area (Å²) in [6, 6.07) is 0. The normalized spacial score (nSPS) is 7.67. The number of nitrogens with one attached hydrogen (secondary N) is 1. The van der Waals surface area contributed by atoms with Crippen molar-refractivity contribution in [3.05, 3.63) is 10.4 Å². The van der Waals surface area contributed by atoms with Gasteiger partial charge < -0.3 is 5.32 Å². The lowest BCUT2D eigenvalue weighted by atomic mass is 10.6. The molecule has 5 nitrogen and oxygen atoms in total. The molecule has 0 atom stereocenters. The van der Waals surface area contributed by atoms with Crippen LogP contribution in [0.3, 0.4) is 0 Å². The van der Waals surface area contributed by atoms with Crippen molar-refractivity contribution in [3.63, 3.8) is 0 Å². The second kappa shape index (κ2) is 4.93. The molecule has 0 heterocycles. The van der Waals surface area contributed by atoms with Gasteiger partial charge in [0.05, 0.1) is 0 Å². The van der Waals surface area contributed by atoms with Crippen LogP contribution in [0.2, 0.25) is 0 Å². The average molecular weight is 128 g/mol. The molecule has 9 heavy (non-hydrogen) atoms. The van der Waals surface area contributed by atoms with Crippen molar-refractivity contribution in [3.8, 4) is 0 Å². The third-order valence-electron chi connectivity index (χ3n) is 0.652. The molecule has 0 aromatic carbocycles. The minimum Gasteiger partial charge on any atom is -0.356 e. The molecule has 0 radical (unpaired) electrons. The molecule has 0 aromatic rings. The molecule has 1 N–H and O–H groups in total. The van der Waals surface area contributed by atoms with E-state index in [-0.39, 0.29) is 12.5 Å². The number of rotatable bonds is 3. The Hall–Kier alpha value is -1.22. The molecule has 1 amide bonds. The fourth-order valence-corrected chi connectivity index (χ4v) is 0.349. The minimum absolute atomic E-state index is 0.107. The summed E-state index contributed by atoms with van der Waals surface area (Å²) >= 11 is 0. The lowest BCUT2D eigenvalue weighted by molar-refractivity contribution is -0.119. The van der Waals surface area contributed by atoms with E-state index in [4.69, 9.17) is 5.53 Å². The molecule has 0 saturated carbocycles. The van der Waals surface area contributed by atoms with Crippen LogP contribution in [-0.4, -0.2) is 19.0 Å². The molecule has 0 aromatic heterocycles. The lowest BCUT2D eigenvalue weighted by Crippen LogP contribution is -2.24. The zero-order valence-corrected chi connectivity index (χ0v) is 5.16. The van der Waals surface area contributed by atoms with Crippen molar-refractivity contribution in [2.75, 3.05) is 13.1 Å². The van der Waals surface area contributed by atoms with Crippen LogP contribution >= 0.6 is 0 Å². The Labute approximate surface area is 52.7 Å². The van der Waals surface area contributed by atoms with Crippen LogP contribution in [-0.2, 0) is 4.79 Å². The van der Waals surface area contributed by atoms with Gasteiger partial charge in [0.1, 0.15) is 6.54 Å². The van der Waals surface area contributed by atoms with E-state index in [0.717, 1.165) is 0 Å². The molecule has 0 aliphatic carbocycles. The Bertz CT molecular complexity index is 138. The van der Waals surface area contributed by atoms with Gasteiger partial charge in [-0.1, -0.05) is 5.11 Å². The van der Waals surface area contributed by atoms with Gasteiger partial charge in [0, 0.05) is 11.5 Å². The maximum absolute atomic E-state index is 10.4. The predicted molar refractivity (Wildman–Crippen MR) is 32.7 cm³/mol. The summed E-state index contributed by atoms with van der Waals surface area (Å²) in [5.41, 5.74) is 7.76. The van der Waals surface area contributed by atoms with Gasteiger partial charge in [-0.15, -0.1) is 0 Å². The number of amides is 1. The van der Waals surface area contributed by atoms with Gasteiger partial charge in [-0.3, -0.25) is 4.79 Å². The summed E-state index contributed by atoms with van der Waals surface area (Å²) in [5.74, 6) is -0.240. The van der Waals surface area contributed by atoms with Gasteiger partial charge in [-0.05, 0) is 12.5 Å². The van der Waals surface area contributed by atoms with Gasteiger partial charge in [-0.2, -0.15) is 0 Å². The van der Waals surface area contributed by atoms with E-state index < -0.39 is 0 Å². The first-order valence-electron chi connectivity index (χ1n) is 2.58. The standard InChI is InChI=1S/C4H8N4O/c1-2-6-4(9)3-7-8-5/h2-3H2,1H3,(H,6,9). The van der Waals surface area contributed by atoms with Gasteiger partial charge in [0.15, 0.2) is 0 Å². The highest BCUT2D eigenvalue weighted by Gasteiger charge is 1.92. The maximum atomic E-state index is 10.4. The molecular formula is C4H8N4O. The second-order valence-corrected chi connectivity index (χ2v) is 1.34. The van der Waals surface area contributed by atoms with Crippen LogP contribution in [0.15, 0.2) is 5.11 Å². The largest absolute Gasteiger partial charge is 0.356 e. The predicted octanol–water partition coefficient (Wildman–Crippen LogP) is 0.433. The summed E-state index contributed by atoms with van der Waals surface area (Å²) in [5, 5.41) is 5.54. The van der Waals surface area contributed by atoms with E-state index in [1.165, 1.54) is 0 Å². The lowest BCUT2D eigenvalue weighted by Gasteiger charge is -1.93. The minimum atomic E-state index is -0.240. The zero-order valence-electron chi connectivity index (χ0n) is 5.16. The monoisotopic (exact) mass is 128 g/mol. The highest BCUT2D eigenvalue weighted by atomic mass is 16.1. The first-order valence-corrected chi connectivity index (χ1v) is 2.58. The molecule has 5 heteroatoms. The Morgan fingerprint density at radius 1 is 1.89 bits per heavy atom. The van der Waals surface area contributed by atoms with E-state index in [2.05, 4.69) is 15.3 Å². The Morgan fingerprint density at radius 3 is 3.00 bits per heavy atom. The van der Waals surface area contributed by atoms with Gasteiger partial charge in [0.25, 0.3) is 0 Å². The van der Waals surface area contributed by atoms with E-state index in [9.17, 15) is 4.79 Å². The van der Waals surface area contributed by atoms with E-state index in [0.29, 0.717) is 6.54 Å². The molecular weight excluding hydrogens is 120 g/mol. The van der Waals surface area contributed by atoms with Crippen LogP contribution in [0.5, 0.6) is 0 Å². The molecule has 0 fully saturated rings. The highest BCUT2D eigenvalue weighted by Crippen LogP contribution is 1.70. The first-order chi connectivity index (χ1) is 4.31. The number of carbonyl (C=O) groups is 1. The molecule has 0 bridgehead atoms. The Morgan fingerprint density at radius 2 is 2.56 bits per heavy atom. The maximum Gasteiger partial charge on any atom is 0.225 e. The highest BCUT2D eigenvalue weighted by molar-refractivity contribution is 5.77. The van der Waals surface area contributed by atoms with E-state index in [1.807, 2.05) is 0 Å². The molecule has 0 saturated heterocycles. The molecule has 0 aliphatic heterocycles. The summed E-state index contributed by atoms with van der Waals surface area (Å²) in [6.07, 6.45) is 0. The van der Waals surface area contributed by atoms with Crippen molar-refractivity contribution < 1.29 is 4.79 Å². The van der Waals surface area contributed by atoms with Crippen molar-refractivity contribution in [2.45, 2.75) is 6.92 Å². The third kappa shape index (κ3) is 4.64. The van der Waals surface area contributed by atoms with Crippen molar-refractivity contribution >= 4 is 5.91 Å². The summed E-state index contributed by atoms with van der Waals surface area (Å²) in [6.45, 7) is 2.26. The van der Waals surface area contributed by atoms with E-state index >= 15 is 0 Å². The number of hydrogen-bond acceptors (Lipinski definition) is 2. The molecule has 0 aliphatic rings. The topological polar surface area (TPSA) is 77.9 Å². The van der Waals surface area contributed by atoms with E-state index in [1.54, 1.807) is 6.92 Å². The Balaban J connectivity index is 3.38. The summed E-state index contributed by atoms with van der Waals surface area (Å²) < 4.78 is 0. The number of nitrogens with zero attached hydrogens (tertiary/aromatic N) is 3. The van der Waals surface area contributed by atoms with Gasteiger partial charge in [-0.25, -0.2) is 0 Å². The number of azide groups is 1. The van der Waals surface area contributed by atoms with Crippen LogP contribution in [0.1, 0.15) is 6.92 Å². The molecule has 0 spiro atoms. The third-order valence-corrected chi connectivity index (χ3v) is 0.652. The van der Waals surface area contributed by atoms with Crippen molar-refractivity contribution in [1.82, 2.24) is 5.32 Å². The number of carbonyl (C=O) groups excluding carboxylic acids is 1. The Kier molecular flexibility index (Phi) is 4.26. The molecule has 0 unspecified atom stereocenters. The average Bonchev–Trinajstić information content (AvgIpc) is 1.85. The van der Waals surface area contributed by atoms with Gasteiger partial charge in [0.2, 0.25) is 5.91 Å². The number of likely N-dealkylation sites (N-methyl/N-ethyl adjacent to an activating group) is 1. The van der Waals surface area contributed by atoms with Gasteiger partial charge >= 0.3 is 0 Å². The summed E-state index contributed by atoms with van der Waals surface area (Å²) in [7, 11) is 0. The molecule has 50 valence electrons. The van der Waals surface area contributed by atoms with Crippen LogP contribution in [0.4, 0.5) is 0 Å². The van der Waals surface area contributed by atoms with Crippen LogP contribution < -0.4 is 5.32 Å². The van der Waals surface area contributed by atoms with Crippen molar-refractivity contribution in [2.24, 2.45) is 5.11 Å². The summed E-state index contributed by atoms with van der Waals surface area (Å²) in [4.78, 5) is 12.8. The molecule has 0 rings (SSSR count). The fourth-order valence-electron chi connectivity index (χ4n) is 0.349. The zero-order chi connectivity index (χ0) is 7.11. The van der Waals surface area contributed by atoms with Crippen molar-refractivity contribution in [1.29, 1.82) is 0 Å². The first kappa shape index (κ1) is 7.78. The second-order valence-electron chi connectivity index (χ2n) is 1.34. The smallest absolute Gasteiger partial charge is 0.225 e. The quantitative estimate of drug-likeness (QED) is 0.334. The van der Waals surface area contributed by atoms with Crippen LogP contribution in [0.25, 0.3) is 10.4 Å². The fraction of sp³-hybridized carbons (Fsp3) is 0.750.